The highest BCUT2D eigenvalue weighted by molar-refractivity contribution is 5.86. The Bertz CT molecular complexity index is 1880. The van der Waals surface area contributed by atoms with Crippen molar-refractivity contribution in [3.05, 3.63) is 124 Å². The topological polar surface area (TPSA) is 72.9 Å². The maximum absolute atomic E-state index is 13.7. The summed E-state index contributed by atoms with van der Waals surface area (Å²) in [4.78, 5) is 20.4. The number of benzene rings is 4. The molecule has 0 aliphatic heterocycles. The average molecular weight is 529 g/mol. The van der Waals surface area contributed by atoms with Crippen LogP contribution in [0, 0.1) is 6.92 Å². The smallest absolute Gasteiger partial charge is 0.282 e. The second-order valence-corrected chi connectivity index (χ2v) is 9.85. The van der Waals surface area contributed by atoms with Gasteiger partial charge in [0.2, 0.25) is 5.82 Å². The summed E-state index contributed by atoms with van der Waals surface area (Å²) in [5.74, 6) is 1.44. The molecule has 6 aromatic rings. The van der Waals surface area contributed by atoms with Gasteiger partial charge in [-0.15, -0.1) is 0 Å². The zero-order valence-corrected chi connectivity index (χ0v) is 22.5. The molecule has 0 saturated heterocycles. The van der Waals surface area contributed by atoms with Gasteiger partial charge < -0.3 is 14.1 Å². The molecular weight excluding hydrogens is 500 g/mol. The number of aryl methyl sites for hydroxylation is 1. The van der Waals surface area contributed by atoms with Crippen LogP contribution in [0.5, 0.6) is 5.75 Å². The SMILES string of the molecule is Cc1ccc(COc2cc(N(C)C)ccc2C=Nn2c(-c3cc4ccccc4o3)nc3ccccc3c2=O)cc1. The fourth-order valence-corrected chi connectivity index (χ4v) is 4.48. The minimum atomic E-state index is -0.288. The molecule has 0 atom stereocenters. The molecule has 0 radical (unpaired) electrons. The predicted molar refractivity (Wildman–Crippen MR) is 160 cm³/mol. The molecular formula is C33H28N4O3. The van der Waals surface area contributed by atoms with Crippen molar-refractivity contribution >= 4 is 33.8 Å². The highest BCUT2D eigenvalue weighted by Gasteiger charge is 2.16. The van der Waals surface area contributed by atoms with Crippen LogP contribution in [-0.2, 0) is 6.61 Å². The zero-order chi connectivity index (χ0) is 27.6. The summed E-state index contributed by atoms with van der Waals surface area (Å²) in [5, 5.41) is 6.03. The second kappa shape index (κ2) is 10.5. The van der Waals surface area contributed by atoms with Crippen molar-refractivity contribution in [3.8, 4) is 17.3 Å². The third-order valence-electron chi connectivity index (χ3n) is 6.74. The van der Waals surface area contributed by atoms with E-state index in [0.717, 1.165) is 22.2 Å². The van der Waals surface area contributed by atoms with Gasteiger partial charge in [0.25, 0.3) is 5.56 Å². The van der Waals surface area contributed by atoms with E-state index in [0.29, 0.717) is 40.4 Å². The highest BCUT2D eigenvalue weighted by Crippen LogP contribution is 2.28. The average Bonchev–Trinajstić information content (AvgIpc) is 3.41. The van der Waals surface area contributed by atoms with Crippen LogP contribution in [0.25, 0.3) is 33.5 Å². The summed E-state index contributed by atoms with van der Waals surface area (Å²) < 4.78 is 13.6. The molecule has 2 aromatic heterocycles. The van der Waals surface area contributed by atoms with Gasteiger partial charge in [0, 0.05) is 36.8 Å². The minimum absolute atomic E-state index is 0.288. The number of rotatable bonds is 7. The first-order valence-electron chi connectivity index (χ1n) is 13.0. The molecule has 7 heteroatoms. The molecule has 0 fully saturated rings. The number of hydrogen-bond acceptors (Lipinski definition) is 6. The van der Waals surface area contributed by atoms with Crippen molar-refractivity contribution in [1.82, 2.24) is 9.66 Å². The number of furan rings is 1. The lowest BCUT2D eigenvalue weighted by Crippen LogP contribution is -2.20. The molecule has 40 heavy (non-hydrogen) atoms. The van der Waals surface area contributed by atoms with E-state index in [9.17, 15) is 4.79 Å². The maximum atomic E-state index is 13.7. The van der Waals surface area contributed by atoms with Crippen molar-refractivity contribution in [2.45, 2.75) is 13.5 Å². The van der Waals surface area contributed by atoms with Gasteiger partial charge >= 0.3 is 0 Å². The van der Waals surface area contributed by atoms with Crippen LogP contribution in [0.3, 0.4) is 0 Å². The molecule has 0 amide bonds. The molecule has 0 aliphatic rings. The van der Waals surface area contributed by atoms with Gasteiger partial charge in [-0.2, -0.15) is 9.78 Å². The molecule has 0 spiro atoms. The van der Waals surface area contributed by atoms with Crippen molar-refractivity contribution < 1.29 is 9.15 Å². The summed E-state index contributed by atoms with van der Waals surface area (Å²) in [6.07, 6.45) is 1.63. The lowest BCUT2D eigenvalue weighted by atomic mass is 10.1. The van der Waals surface area contributed by atoms with Gasteiger partial charge in [-0.3, -0.25) is 4.79 Å². The first-order valence-corrected chi connectivity index (χ1v) is 13.0. The summed E-state index contributed by atoms with van der Waals surface area (Å²) in [6.45, 7) is 2.46. The fraction of sp³-hybridized carbons (Fsp3) is 0.121. The molecule has 7 nitrogen and oxygen atoms in total. The van der Waals surface area contributed by atoms with E-state index < -0.39 is 0 Å². The minimum Gasteiger partial charge on any atom is -0.488 e. The van der Waals surface area contributed by atoms with Crippen LogP contribution in [0.2, 0.25) is 0 Å². The van der Waals surface area contributed by atoms with Crippen LogP contribution < -0.4 is 15.2 Å². The summed E-state index contributed by atoms with van der Waals surface area (Å²) in [6, 6.07) is 30.9. The van der Waals surface area contributed by atoms with Crippen molar-refractivity contribution in [1.29, 1.82) is 0 Å². The number of hydrogen-bond donors (Lipinski definition) is 0. The third-order valence-corrected chi connectivity index (χ3v) is 6.74. The molecule has 0 bridgehead atoms. The third kappa shape index (κ3) is 4.97. The number of para-hydroxylation sites is 2. The first kappa shape index (κ1) is 25.1. The van der Waals surface area contributed by atoms with E-state index >= 15 is 0 Å². The summed E-state index contributed by atoms with van der Waals surface area (Å²) in [7, 11) is 3.96. The van der Waals surface area contributed by atoms with Gasteiger partial charge in [0.15, 0.2) is 5.76 Å². The van der Waals surface area contributed by atoms with Gasteiger partial charge in [-0.05, 0) is 48.9 Å². The largest absolute Gasteiger partial charge is 0.488 e. The predicted octanol–water partition coefficient (Wildman–Crippen LogP) is 6.65. The quantitative estimate of drug-likeness (QED) is 0.217. The van der Waals surface area contributed by atoms with Crippen LogP contribution >= 0.6 is 0 Å². The van der Waals surface area contributed by atoms with E-state index in [-0.39, 0.29) is 5.56 Å². The first-order chi connectivity index (χ1) is 19.5. The Morgan fingerprint density at radius 2 is 1.73 bits per heavy atom. The molecule has 2 heterocycles. The Balaban J connectivity index is 1.44. The van der Waals surface area contributed by atoms with Crippen molar-refractivity contribution in [3.63, 3.8) is 0 Å². The molecule has 0 unspecified atom stereocenters. The van der Waals surface area contributed by atoms with E-state index in [1.807, 2.05) is 85.7 Å². The Hall–Kier alpha value is -5.17. The van der Waals surface area contributed by atoms with Crippen LogP contribution in [-0.4, -0.2) is 30.0 Å². The van der Waals surface area contributed by atoms with E-state index in [4.69, 9.17) is 14.1 Å². The van der Waals surface area contributed by atoms with Gasteiger partial charge in [-0.25, -0.2) is 4.98 Å². The highest BCUT2D eigenvalue weighted by atomic mass is 16.5. The second-order valence-electron chi connectivity index (χ2n) is 9.85. The molecule has 0 aliphatic carbocycles. The van der Waals surface area contributed by atoms with Crippen LogP contribution in [0.4, 0.5) is 5.69 Å². The number of fused-ring (bicyclic) bond motifs is 2. The van der Waals surface area contributed by atoms with E-state index in [1.54, 1.807) is 12.3 Å². The molecule has 4 aromatic carbocycles. The lowest BCUT2D eigenvalue weighted by molar-refractivity contribution is 0.306. The summed E-state index contributed by atoms with van der Waals surface area (Å²) in [5.41, 5.74) is 4.97. The van der Waals surface area contributed by atoms with Gasteiger partial charge in [0.1, 0.15) is 17.9 Å². The number of ether oxygens (including phenoxy) is 1. The number of anilines is 1. The monoisotopic (exact) mass is 528 g/mol. The van der Waals surface area contributed by atoms with Gasteiger partial charge in [0.05, 0.1) is 17.1 Å². The summed E-state index contributed by atoms with van der Waals surface area (Å²) >= 11 is 0. The van der Waals surface area contributed by atoms with E-state index in [1.165, 1.54) is 10.2 Å². The Morgan fingerprint density at radius 3 is 2.52 bits per heavy atom. The standard InChI is InChI=1S/C33H28N4O3/c1-22-12-14-23(15-13-22)21-39-30-19-26(36(2)3)17-16-25(30)20-34-37-32(31-18-24-8-4-7-11-29(24)40-31)35-28-10-6-5-9-27(28)33(37)38/h4-20H,21H2,1-3H3. The lowest BCUT2D eigenvalue weighted by Gasteiger charge is -2.16. The molecule has 6 rings (SSSR count). The number of nitrogens with zero attached hydrogens (tertiary/aromatic N) is 4. The van der Waals surface area contributed by atoms with Crippen LogP contribution in [0.1, 0.15) is 16.7 Å². The number of aromatic nitrogens is 2. The molecule has 0 saturated carbocycles. The Kier molecular flexibility index (Phi) is 6.62. The van der Waals surface area contributed by atoms with Crippen LogP contribution in [0.15, 0.2) is 111 Å². The van der Waals surface area contributed by atoms with Gasteiger partial charge in [-0.1, -0.05) is 60.2 Å². The Morgan fingerprint density at radius 1 is 0.950 bits per heavy atom. The van der Waals surface area contributed by atoms with Crippen molar-refractivity contribution in [2.24, 2.45) is 5.10 Å². The normalized spacial score (nSPS) is 11.5. The van der Waals surface area contributed by atoms with E-state index in [2.05, 4.69) is 36.3 Å². The fourth-order valence-electron chi connectivity index (χ4n) is 4.48. The Labute approximate surface area is 231 Å². The maximum Gasteiger partial charge on any atom is 0.282 e. The van der Waals surface area contributed by atoms with Crippen molar-refractivity contribution in [2.75, 3.05) is 19.0 Å². The molecule has 198 valence electrons. The molecule has 0 N–H and O–H groups in total. The zero-order valence-electron chi connectivity index (χ0n) is 22.5.